The molecule has 5 heteroatoms. The van der Waals surface area contributed by atoms with Crippen LogP contribution in [0.2, 0.25) is 0 Å². The average Bonchev–Trinajstić information content (AvgIpc) is 3.87. The van der Waals surface area contributed by atoms with Crippen molar-refractivity contribution in [2.24, 2.45) is 5.41 Å². The average molecular weight is 821 g/mol. The molecule has 0 amide bonds. The largest absolute Gasteiger partial charge is 0.457 e. The van der Waals surface area contributed by atoms with Gasteiger partial charge in [0, 0.05) is 57.8 Å². The third kappa shape index (κ3) is 7.44. The Morgan fingerprint density at radius 2 is 1.16 bits per heavy atom. The highest BCUT2D eigenvalue weighted by atomic mass is 16.5. The van der Waals surface area contributed by atoms with E-state index in [1.165, 1.54) is 61.5 Å². The summed E-state index contributed by atoms with van der Waals surface area (Å²) in [6, 6.07) is 58.5. The lowest BCUT2D eigenvalue weighted by Gasteiger charge is -2.31. The molecule has 0 saturated heterocycles. The maximum absolute atomic E-state index is 6.80. The number of hydrogen-bond acceptors (Lipinski definition) is 4. The SMILES string of the molecule is Cc1cc(C)c(N2C=C(C(C)(C)C)N(c3cccc(Oc4ccc5c6ccccc6n(-c6cc(-c7c(-c8ccccc8)cc(C)cc7-c7ccccc7)ccn6)c5c4)c3)C2)c(C)c1. The van der Waals surface area contributed by atoms with E-state index in [0.717, 1.165) is 57.0 Å². The molecule has 2 aromatic heterocycles. The lowest BCUT2D eigenvalue weighted by atomic mass is 9.86. The standard InChI is InChI=1S/C58H52N4O/c1-38-29-40(3)57(41(4)30-38)60-36-54(58(5,6)7)61(37-60)45-21-16-22-46(34-45)63-47-25-26-49-48-23-14-15-24-52(48)62(53(49)35-47)55-33-44(27-28-59-55)56-50(42-17-10-8-11-18-42)31-39(2)32-51(56)43-19-12-9-13-20-43/h8-36H,37H2,1-7H3. The fourth-order valence-corrected chi connectivity index (χ4v) is 9.66. The van der Waals surface area contributed by atoms with Crippen LogP contribution >= 0.6 is 0 Å². The molecule has 10 rings (SSSR count). The van der Waals surface area contributed by atoms with Gasteiger partial charge in [0.15, 0.2) is 0 Å². The highest BCUT2D eigenvalue weighted by Gasteiger charge is 2.32. The van der Waals surface area contributed by atoms with Crippen LogP contribution in [-0.4, -0.2) is 16.2 Å². The Balaban J connectivity index is 1.05. The van der Waals surface area contributed by atoms with E-state index in [1.54, 1.807) is 0 Å². The zero-order chi connectivity index (χ0) is 43.4. The molecule has 0 aliphatic carbocycles. The Labute approximate surface area is 371 Å². The second-order valence-electron chi connectivity index (χ2n) is 18.1. The lowest BCUT2D eigenvalue weighted by molar-refractivity contribution is 0.481. The summed E-state index contributed by atoms with van der Waals surface area (Å²) in [5.74, 6) is 2.39. The number of fused-ring (bicyclic) bond motifs is 3. The number of anilines is 2. The van der Waals surface area contributed by atoms with E-state index in [4.69, 9.17) is 9.72 Å². The second kappa shape index (κ2) is 15.8. The summed E-state index contributed by atoms with van der Waals surface area (Å²) in [6.07, 6.45) is 4.28. The monoisotopic (exact) mass is 820 g/mol. The van der Waals surface area contributed by atoms with Crippen molar-refractivity contribution in [1.82, 2.24) is 9.55 Å². The minimum Gasteiger partial charge on any atom is -0.457 e. The number of aromatic nitrogens is 2. The smallest absolute Gasteiger partial charge is 0.138 e. The van der Waals surface area contributed by atoms with Crippen LogP contribution in [0.5, 0.6) is 11.5 Å². The Morgan fingerprint density at radius 1 is 0.540 bits per heavy atom. The predicted octanol–water partition coefficient (Wildman–Crippen LogP) is 15.4. The lowest BCUT2D eigenvalue weighted by Crippen LogP contribution is -2.31. The summed E-state index contributed by atoms with van der Waals surface area (Å²) >= 11 is 0. The first-order chi connectivity index (χ1) is 30.5. The van der Waals surface area contributed by atoms with E-state index in [9.17, 15) is 0 Å². The molecule has 7 aromatic carbocycles. The van der Waals surface area contributed by atoms with Crippen LogP contribution in [-0.2, 0) is 0 Å². The van der Waals surface area contributed by atoms with Crippen molar-refractivity contribution in [2.45, 2.75) is 48.5 Å². The molecule has 0 radical (unpaired) electrons. The molecular formula is C58H52N4O. The molecule has 0 saturated carbocycles. The summed E-state index contributed by atoms with van der Waals surface area (Å²) in [7, 11) is 0. The van der Waals surface area contributed by atoms with Gasteiger partial charge in [0.2, 0.25) is 0 Å². The van der Waals surface area contributed by atoms with Crippen LogP contribution in [0.15, 0.2) is 182 Å². The highest BCUT2D eigenvalue weighted by Crippen LogP contribution is 2.44. The van der Waals surface area contributed by atoms with Gasteiger partial charge < -0.3 is 14.5 Å². The number of hydrogen-bond donors (Lipinski definition) is 0. The summed E-state index contributed by atoms with van der Waals surface area (Å²) in [6.45, 7) is 16.4. The van der Waals surface area contributed by atoms with E-state index in [-0.39, 0.29) is 5.41 Å². The summed E-state index contributed by atoms with van der Waals surface area (Å²) < 4.78 is 9.08. The number of para-hydroxylation sites is 1. The van der Waals surface area contributed by atoms with Gasteiger partial charge in [0.1, 0.15) is 17.3 Å². The number of benzene rings is 7. The van der Waals surface area contributed by atoms with Gasteiger partial charge in [-0.1, -0.05) is 136 Å². The molecule has 3 heterocycles. The molecule has 0 fully saturated rings. The van der Waals surface area contributed by atoms with Crippen LogP contribution < -0.4 is 14.5 Å². The second-order valence-corrected chi connectivity index (χ2v) is 18.1. The van der Waals surface area contributed by atoms with E-state index in [2.05, 4.69) is 227 Å². The number of ether oxygens (including phenoxy) is 1. The fraction of sp³-hybridized carbons (Fsp3) is 0.155. The van der Waals surface area contributed by atoms with Crippen LogP contribution in [0.4, 0.5) is 11.4 Å². The highest BCUT2D eigenvalue weighted by molar-refractivity contribution is 6.09. The van der Waals surface area contributed by atoms with Gasteiger partial charge in [-0.15, -0.1) is 0 Å². The molecule has 9 aromatic rings. The van der Waals surface area contributed by atoms with Crippen molar-refractivity contribution in [2.75, 3.05) is 16.5 Å². The molecule has 1 aliphatic rings. The third-order valence-electron chi connectivity index (χ3n) is 12.3. The predicted molar refractivity (Wildman–Crippen MR) is 264 cm³/mol. The van der Waals surface area contributed by atoms with Gasteiger partial charge >= 0.3 is 0 Å². The Bertz CT molecular complexity index is 3130. The molecule has 1 aliphatic heterocycles. The molecule has 0 unspecified atom stereocenters. The number of nitrogens with zero attached hydrogens (tertiary/aromatic N) is 4. The maximum Gasteiger partial charge on any atom is 0.138 e. The molecule has 0 atom stereocenters. The van der Waals surface area contributed by atoms with Crippen LogP contribution in [0.3, 0.4) is 0 Å². The van der Waals surface area contributed by atoms with Crippen molar-refractivity contribution in [3.05, 3.63) is 204 Å². The number of allylic oxidation sites excluding steroid dienone is 1. The van der Waals surface area contributed by atoms with E-state index in [0.29, 0.717) is 0 Å². The summed E-state index contributed by atoms with van der Waals surface area (Å²) in [5.41, 5.74) is 17.8. The van der Waals surface area contributed by atoms with Crippen LogP contribution in [0.1, 0.15) is 43.0 Å². The molecular weight excluding hydrogens is 769 g/mol. The van der Waals surface area contributed by atoms with Crippen LogP contribution in [0, 0.1) is 33.1 Å². The molecule has 0 bridgehead atoms. The fourth-order valence-electron chi connectivity index (χ4n) is 9.66. The Hall–Kier alpha value is -7.37. The van der Waals surface area contributed by atoms with Gasteiger partial charge in [0.05, 0.1) is 17.7 Å². The minimum atomic E-state index is -0.0758. The number of pyridine rings is 1. The normalized spacial score (nSPS) is 13.0. The molecule has 5 nitrogen and oxygen atoms in total. The van der Waals surface area contributed by atoms with Crippen molar-refractivity contribution < 1.29 is 4.74 Å². The summed E-state index contributed by atoms with van der Waals surface area (Å²) in [5, 5.41) is 2.31. The first kappa shape index (κ1) is 39.7. The van der Waals surface area contributed by atoms with E-state index in [1.807, 2.05) is 12.3 Å². The number of aryl methyl sites for hydroxylation is 4. The Morgan fingerprint density at radius 3 is 1.84 bits per heavy atom. The molecule has 63 heavy (non-hydrogen) atoms. The van der Waals surface area contributed by atoms with Gasteiger partial charge in [0.25, 0.3) is 0 Å². The van der Waals surface area contributed by atoms with Gasteiger partial charge in [-0.2, -0.15) is 0 Å². The molecule has 0 N–H and O–H groups in total. The maximum atomic E-state index is 6.80. The third-order valence-corrected chi connectivity index (χ3v) is 12.3. The van der Waals surface area contributed by atoms with Gasteiger partial charge in [-0.05, 0) is 120 Å². The van der Waals surface area contributed by atoms with E-state index < -0.39 is 0 Å². The Kier molecular flexibility index (Phi) is 9.99. The zero-order valence-electron chi connectivity index (χ0n) is 37.1. The zero-order valence-corrected chi connectivity index (χ0v) is 37.1. The minimum absolute atomic E-state index is 0.0758. The van der Waals surface area contributed by atoms with Gasteiger partial charge in [-0.25, -0.2) is 4.98 Å². The van der Waals surface area contributed by atoms with Crippen LogP contribution in [0.25, 0.3) is 61.0 Å². The topological polar surface area (TPSA) is 33.5 Å². The first-order valence-electron chi connectivity index (χ1n) is 21.9. The van der Waals surface area contributed by atoms with Gasteiger partial charge in [-0.3, -0.25) is 4.57 Å². The van der Waals surface area contributed by atoms with Crippen molar-refractivity contribution in [3.63, 3.8) is 0 Å². The molecule has 310 valence electrons. The van der Waals surface area contributed by atoms with Crippen molar-refractivity contribution in [1.29, 1.82) is 0 Å². The van der Waals surface area contributed by atoms with Crippen molar-refractivity contribution in [3.8, 4) is 50.7 Å². The quantitative estimate of drug-likeness (QED) is 0.153. The molecule has 0 spiro atoms. The van der Waals surface area contributed by atoms with Crippen molar-refractivity contribution >= 4 is 33.2 Å². The van der Waals surface area contributed by atoms with E-state index >= 15 is 0 Å². The number of rotatable bonds is 8. The summed E-state index contributed by atoms with van der Waals surface area (Å²) in [4.78, 5) is 9.90. The first-order valence-corrected chi connectivity index (χ1v) is 21.9.